The van der Waals surface area contributed by atoms with Crippen molar-refractivity contribution in [2.75, 3.05) is 38.0 Å². The van der Waals surface area contributed by atoms with Crippen LogP contribution in [-0.4, -0.2) is 58.2 Å². The number of amides is 1. The van der Waals surface area contributed by atoms with E-state index in [2.05, 4.69) is 20.3 Å². The summed E-state index contributed by atoms with van der Waals surface area (Å²) in [6, 6.07) is 9.09. The molecule has 1 N–H and O–H groups in total. The molecule has 1 amide bonds. The van der Waals surface area contributed by atoms with Gasteiger partial charge in [0.2, 0.25) is 5.91 Å². The Bertz CT molecular complexity index is 997. The molecule has 0 bridgehead atoms. The van der Waals surface area contributed by atoms with Crippen molar-refractivity contribution in [1.29, 1.82) is 0 Å². The van der Waals surface area contributed by atoms with Gasteiger partial charge in [0.15, 0.2) is 11.4 Å². The number of hydrogen-bond donors (Lipinski definition) is 1. The molecular weight excluding hydrogens is 350 g/mol. The summed E-state index contributed by atoms with van der Waals surface area (Å²) >= 11 is 0. The molecule has 3 heterocycles. The second kappa shape index (κ2) is 7.37. The van der Waals surface area contributed by atoms with E-state index in [9.17, 15) is 9.59 Å². The molecule has 9 nitrogen and oxygen atoms in total. The van der Waals surface area contributed by atoms with Gasteiger partial charge in [-0.1, -0.05) is 17.3 Å². The van der Waals surface area contributed by atoms with Crippen LogP contribution in [0.4, 0.5) is 5.82 Å². The summed E-state index contributed by atoms with van der Waals surface area (Å²) < 4.78 is 11.9. The lowest BCUT2D eigenvalue weighted by molar-refractivity contribution is -0.117. The minimum atomic E-state index is -0.346. The average Bonchev–Trinajstić information content (AvgIpc) is 3.19. The number of piperazine rings is 1. The summed E-state index contributed by atoms with van der Waals surface area (Å²) in [7, 11) is 0. The largest absolute Gasteiger partial charge is 0.421 e. The molecule has 1 fully saturated rings. The molecule has 0 unspecified atom stereocenters. The number of fused-ring (bicyclic) bond motifs is 1. The Labute approximate surface area is 155 Å². The molecule has 0 aliphatic carbocycles. The number of benzene rings is 1. The van der Waals surface area contributed by atoms with Gasteiger partial charge in [-0.2, -0.15) is 0 Å². The van der Waals surface area contributed by atoms with Crippen LogP contribution in [0.2, 0.25) is 0 Å². The average molecular weight is 371 g/mol. The minimum absolute atomic E-state index is 0.117. The smallest absolute Gasteiger partial charge is 0.408 e. The van der Waals surface area contributed by atoms with Crippen molar-refractivity contribution in [2.45, 2.75) is 13.6 Å². The van der Waals surface area contributed by atoms with Gasteiger partial charge in [0.25, 0.3) is 0 Å². The Morgan fingerprint density at radius 1 is 1.19 bits per heavy atom. The zero-order valence-electron chi connectivity index (χ0n) is 15.1. The van der Waals surface area contributed by atoms with Gasteiger partial charge in [-0.3, -0.25) is 19.2 Å². The van der Waals surface area contributed by atoms with E-state index in [4.69, 9.17) is 8.94 Å². The fraction of sp³-hybridized carbons (Fsp3) is 0.389. The highest BCUT2D eigenvalue weighted by Crippen LogP contribution is 2.13. The molecule has 4 rings (SSSR count). The number of nitrogens with one attached hydrogen (secondary N) is 1. The number of rotatable bonds is 5. The van der Waals surface area contributed by atoms with Gasteiger partial charge in [-0.05, 0) is 19.1 Å². The zero-order chi connectivity index (χ0) is 18.8. The fourth-order valence-electron chi connectivity index (χ4n) is 3.25. The molecule has 3 aromatic rings. The molecule has 0 spiro atoms. The number of carbonyl (C=O) groups excluding carboxylic acids is 1. The predicted octanol–water partition coefficient (Wildman–Crippen LogP) is 1.10. The van der Waals surface area contributed by atoms with Crippen LogP contribution < -0.4 is 11.1 Å². The first-order valence-corrected chi connectivity index (χ1v) is 8.85. The van der Waals surface area contributed by atoms with Crippen LogP contribution in [0.1, 0.15) is 5.76 Å². The molecule has 142 valence electrons. The molecule has 1 aliphatic heterocycles. The first-order chi connectivity index (χ1) is 13.1. The summed E-state index contributed by atoms with van der Waals surface area (Å²) in [6.45, 7) is 5.58. The van der Waals surface area contributed by atoms with Gasteiger partial charge >= 0.3 is 5.76 Å². The summed E-state index contributed by atoms with van der Waals surface area (Å²) in [5.41, 5.74) is 1.40. The van der Waals surface area contributed by atoms with Crippen LogP contribution in [0.15, 0.2) is 44.1 Å². The summed E-state index contributed by atoms with van der Waals surface area (Å²) in [5.74, 6) is 0.623. The van der Waals surface area contributed by atoms with Gasteiger partial charge in [0.05, 0.1) is 18.7 Å². The molecule has 9 heteroatoms. The quantitative estimate of drug-likeness (QED) is 0.717. The Hall–Kier alpha value is -2.91. The number of hydrogen-bond acceptors (Lipinski definition) is 7. The van der Waals surface area contributed by atoms with Crippen LogP contribution >= 0.6 is 0 Å². The molecule has 27 heavy (non-hydrogen) atoms. The van der Waals surface area contributed by atoms with Crippen LogP contribution in [0.3, 0.4) is 0 Å². The molecule has 2 aromatic heterocycles. The maximum Gasteiger partial charge on any atom is 0.421 e. The van der Waals surface area contributed by atoms with Crippen molar-refractivity contribution in [2.24, 2.45) is 0 Å². The van der Waals surface area contributed by atoms with Gasteiger partial charge in [0, 0.05) is 32.2 Å². The highest BCUT2D eigenvalue weighted by molar-refractivity contribution is 5.91. The summed E-state index contributed by atoms with van der Waals surface area (Å²) in [6.07, 6.45) is 0. The fourth-order valence-corrected chi connectivity index (χ4v) is 3.25. The number of oxazole rings is 1. The molecule has 0 radical (unpaired) electrons. The highest BCUT2D eigenvalue weighted by Gasteiger charge is 2.21. The van der Waals surface area contributed by atoms with E-state index in [0.29, 0.717) is 30.4 Å². The van der Waals surface area contributed by atoms with E-state index < -0.39 is 0 Å². The zero-order valence-corrected chi connectivity index (χ0v) is 15.1. The van der Waals surface area contributed by atoms with E-state index in [1.54, 1.807) is 23.6 Å². The van der Waals surface area contributed by atoms with E-state index in [0.717, 1.165) is 31.7 Å². The third kappa shape index (κ3) is 3.93. The number of anilines is 1. The van der Waals surface area contributed by atoms with Crippen molar-refractivity contribution in [3.8, 4) is 0 Å². The third-order valence-corrected chi connectivity index (χ3v) is 4.64. The Morgan fingerprint density at radius 3 is 2.67 bits per heavy atom. The van der Waals surface area contributed by atoms with Crippen molar-refractivity contribution in [1.82, 2.24) is 19.5 Å². The molecule has 1 saturated heterocycles. The van der Waals surface area contributed by atoms with Gasteiger partial charge < -0.3 is 14.3 Å². The lowest BCUT2D eigenvalue weighted by atomic mass is 10.3. The normalized spacial score (nSPS) is 16.0. The Morgan fingerprint density at radius 2 is 1.93 bits per heavy atom. The van der Waals surface area contributed by atoms with E-state index in [1.807, 2.05) is 18.2 Å². The first-order valence-electron chi connectivity index (χ1n) is 8.85. The first kappa shape index (κ1) is 17.5. The minimum Gasteiger partial charge on any atom is -0.408 e. The lowest BCUT2D eigenvalue weighted by Crippen LogP contribution is -2.49. The Balaban J connectivity index is 1.30. The van der Waals surface area contributed by atoms with Crippen LogP contribution in [-0.2, 0) is 11.5 Å². The Kier molecular flexibility index (Phi) is 4.78. The standard InChI is InChI=1S/C18H21N5O4/c1-13-10-16(20-27-13)19-17(24)11-21-6-8-22(9-7-21)12-23-14-4-2-3-5-15(14)26-18(23)25/h2-5,10H,6-9,11-12H2,1H3,(H,19,20,24). The number of para-hydroxylation sites is 2. The van der Waals surface area contributed by atoms with E-state index in [1.165, 1.54) is 0 Å². The number of carbonyl (C=O) groups is 1. The van der Waals surface area contributed by atoms with Gasteiger partial charge in [0.1, 0.15) is 5.76 Å². The predicted molar refractivity (Wildman–Crippen MR) is 98.4 cm³/mol. The van der Waals surface area contributed by atoms with Crippen LogP contribution in [0, 0.1) is 6.92 Å². The van der Waals surface area contributed by atoms with Gasteiger partial charge in [-0.15, -0.1) is 0 Å². The summed E-state index contributed by atoms with van der Waals surface area (Å²) in [5, 5.41) is 6.49. The van der Waals surface area contributed by atoms with E-state index >= 15 is 0 Å². The molecule has 1 aromatic carbocycles. The second-order valence-electron chi connectivity index (χ2n) is 6.67. The molecular formula is C18H21N5O4. The number of nitrogens with zero attached hydrogens (tertiary/aromatic N) is 4. The SMILES string of the molecule is Cc1cc(NC(=O)CN2CCN(Cn3c(=O)oc4ccccc43)CC2)no1. The topological polar surface area (TPSA) is 96.8 Å². The van der Waals surface area contributed by atoms with Crippen molar-refractivity contribution >= 4 is 22.8 Å². The maximum atomic E-state index is 12.1. The van der Waals surface area contributed by atoms with Gasteiger partial charge in [-0.25, -0.2) is 4.79 Å². The number of aromatic nitrogens is 2. The molecule has 0 atom stereocenters. The lowest BCUT2D eigenvalue weighted by Gasteiger charge is -2.34. The number of aryl methyl sites for hydroxylation is 1. The monoisotopic (exact) mass is 371 g/mol. The third-order valence-electron chi connectivity index (χ3n) is 4.64. The molecule has 1 aliphatic rings. The molecule has 0 saturated carbocycles. The van der Waals surface area contributed by atoms with E-state index in [-0.39, 0.29) is 11.7 Å². The van der Waals surface area contributed by atoms with Crippen LogP contribution in [0.5, 0.6) is 0 Å². The van der Waals surface area contributed by atoms with Crippen molar-refractivity contribution in [3.63, 3.8) is 0 Å². The summed E-state index contributed by atoms with van der Waals surface area (Å²) in [4.78, 5) is 28.5. The van der Waals surface area contributed by atoms with Crippen molar-refractivity contribution in [3.05, 3.63) is 46.6 Å². The maximum absolute atomic E-state index is 12.1. The van der Waals surface area contributed by atoms with Crippen molar-refractivity contribution < 1.29 is 13.7 Å². The van der Waals surface area contributed by atoms with Crippen LogP contribution in [0.25, 0.3) is 11.1 Å². The highest BCUT2D eigenvalue weighted by atomic mass is 16.5. The second-order valence-corrected chi connectivity index (χ2v) is 6.67.